The maximum atomic E-state index is 5.60. The number of ether oxygens (including phenoxy) is 1. The summed E-state index contributed by atoms with van der Waals surface area (Å²) in [5, 5.41) is 0. The molecule has 0 unspecified atom stereocenters. The second-order valence-corrected chi connectivity index (χ2v) is 4.11. The normalized spacial score (nSPS) is 11.3. The highest BCUT2D eigenvalue weighted by atomic mass is 16.5. The molecule has 15 heavy (non-hydrogen) atoms. The molecule has 0 fully saturated rings. The quantitative estimate of drug-likeness (QED) is 0.665. The van der Waals surface area contributed by atoms with E-state index in [0.717, 1.165) is 13.2 Å². The Kier molecular flexibility index (Phi) is 5.37. The first-order chi connectivity index (χ1) is 7.20. The highest BCUT2D eigenvalue weighted by molar-refractivity contribution is 5.13. The third kappa shape index (κ3) is 4.96. The van der Waals surface area contributed by atoms with Gasteiger partial charge in [0.25, 0.3) is 0 Å². The highest BCUT2D eigenvalue weighted by Crippen LogP contribution is 2.00. The molecule has 0 amide bonds. The maximum absolute atomic E-state index is 5.60. The van der Waals surface area contributed by atoms with Gasteiger partial charge in [0.2, 0.25) is 0 Å². The molecule has 0 heterocycles. The standard InChI is InChI=1S/C13H21NO/c1-12(2)14(3)9-10-15-11-13-7-5-4-6-8-13/h4-8,12H,9-11H2,1-3H3. The van der Waals surface area contributed by atoms with Gasteiger partial charge in [-0.2, -0.15) is 0 Å². The molecule has 0 aliphatic rings. The smallest absolute Gasteiger partial charge is 0.0717 e. The van der Waals surface area contributed by atoms with Gasteiger partial charge >= 0.3 is 0 Å². The lowest BCUT2D eigenvalue weighted by atomic mass is 10.2. The number of likely N-dealkylation sites (N-methyl/N-ethyl adjacent to an activating group) is 1. The molecule has 0 aliphatic carbocycles. The van der Waals surface area contributed by atoms with E-state index in [1.54, 1.807) is 0 Å². The minimum atomic E-state index is 0.588. The minimum absolute atomic E-state index is 0.588. The van der Waals surface area contributed by atoms with Gasteiger partial charge in [0.05, 0.1) is 13.2 Å². The van der Waals surface area contributed by atoms with Crippen molar-refractivity contribution >= 4 is 0 Å². The van der Waals surface area contributed by atoms with Gasteiger partial charge in [-0.1, -0.05) is 30.3 Å². The van der Waals surface area contributed by atoms with Crippen LogP contribution in [0.15, 0.2) is 30.3 Å². The van der Waals surface area contributed by atoms with E-state index in [9.17, 15) is 0 Å². The fourth-order valence-electron chi connectivity index (χ4n) is 1.23. The van der Waals surface area contributed by atoms with Crippen LogP contribution in [0.3, 0.4) is 0 Å². The van der Waals surface area contributed by atoms with E-state index in [1.165, 1.54) is 5.56 Å². The first-order valence-electron chi connectivity index (χ1n) is 5.52. The summed E-state index contributed by atoms with van der Waals surface area (Å²) in [6, 6.07) is 10.9. The number of hydrogen-bond donors (Lipinski definition) is 0. The van der Waals surface area contributed by atoms with Gasteiger partial charge in [-0.15, -0.1) is 0 Å². The van der Waals surface area contributed by atoms with Crippen molar-refractivity contribution < 1.29 is 4.74 Å². The molecule has 0 atom stereocenters. The fourth-order valence-corrected chi connectivity index (χ4v) is 1.23. The summed E-state index contributed by atoms with van der Waals surface area (Å²) in [5.74, 6) is 0. The lowest BCUT2D eigenvalue weighted by Crippen LogP contribution is -2.29. The van der Waals surface area contributed by atoms with Crippen LogP contribution < -0.4 is 0 Å². The summed E-state index contributed by atoms with van der Waals surface area (Å²) < 4.78 is 5.60. The predicted molar refractivity (Wildman–Crippen MR) is 63.9 cm³/mol. The minimum Gasteiger partial charge on any atom is -0.375 e. The monoisotopic (exact) mass is 207 g/mol. The van der Waals surface area contributed by atoms with E-state index >= 15 is 0 Å². The molecular formula is C13H21NO. The number of benzene rings is 1. The summed E-state index contributed by atoms with van der Waals surface area (Å²) >= 11 is 0. The first-order valence-corrected chi connectivity index (χ1v) is 5.52. The van der Waals surface area contributed by atoms with Crippen molar-refractivity contribution in [2.45, 2.75) is 26.5 Å². The Morgan fingerprint density at radius 3 is 2.47 bits per heavy atom. The number of rotatable bonds is 6. The molecule has 0 aromatic heterocycles. The van der Waals surface area contributed by atoms with E-state index in [0.29, 0.717) is 12.6 Å². The zero-order valence-corrected chi connectivity index (χ0v) is 9.94. The lowest BCUT2D eigenvalue weighted by molar-refractivity contribution is 0.0922. The van der Waals surface area contributed by atoms with Gasteiger partial charge in [-0.25, -0.2) is 0 Å². The molecule has 1 rings (SSSR count). The van der Waals surface area contributed by atoms with Crippen LogP contribution in [-0.4, -0.2) is 31.1 Å². The molecule has 0 N–H and O–H groups in total. The number of nitrogens with zero attached hydrogens (tertiary/aromatic N) is 1. The van der Waals surface area contributed by atoms with Crippen LogP contribution in [0.25, 0.3) is 0 Å². The molecule has 2 heteroatoms. The third-order valence-electron chi connectivity index (χ3n) is 2.58. The largest absolute Gasteiger partial charge is 0.375 e. The predicted octanol–water partition coefficient (Wildman–Crippen LogP) is 2.54. The van der Waals surface area contributed by atoms with Crippen molar-refractivity contribution in [2.75, 3.05) is 20.2 Å². The topological polar surface area (TPSA) is 12.5 Å². The highest BCUT2D eigenvalue weighted by Gasteiger charge is 2.01. The summed E-state index contributed by atoms with van der Waals surface area (Å²) in [7, 11) is 2.12. The van der Waals surface area contributed by atoms with E-state index in [4.69, 9.17) is 4.74 Å². The van der Waals surface area contributed by atoms with Gasteiger partial charge in [0.15, 0.2) is 0 Å². The van der Waals surface area contributed by atoms with Gasteiger partial charge in [-0.05, 0) is 26.5 Å². The Labute approximate surface area is 92.9 Å². The van der Waals surface area contributed by atoms with Crippen LogP contribution in [0.1, 0.15) is 19.4 Å². The Morgan fingerprint density at radius 1 is 1.20 bits per heavy atom. The molecule has 0 radical (unpaired) electrons. The van der Waals surface area contributed by atoms with E-state index in [-0.39, 0.29) is 0 Å². The molecule has 1 aromatic rings. The molecule has 1 aromatic carbocycles. The average molecular weight is 207 g/mol. The van der Waals surface area contributed by atoms with Gasteiger partial charge < -0.3 is 9.64 Å². The van der Waals surface area contributed by atoms with Crippen LogP contribution in [-0.2, 0) is 11.3 Å². The van der Waals surface area contributed by atoms with Crippen LogP contribution in [0.4, 0.5) is 0 Å². The second-order valence-electron chi connectivity index (χ2n) is 4.11. The summed E-state index contributed by atoms with van der Waals surface area (Å²) in [5.41, 5.74) is 1.24. The fraction of sp³-hybridized carbons (Fsp3) is 0.538. The zero-order valence-electron chi connectivity index (χ0n) is 9.94. The number of hydrogen-bond acceptors (Lipinski definition) is 2. The average Bonchev–Trinajstić information content (AvgIpc) is 2.25. The zero-order chi connectivity index (χ0) is 11.1. The molecule has 0 saturated carbocycles. The van der Waals surface area contributed by atoms with Gasteiger partial charge in [-0.3, -0.25) is 0 Å². The molecule has 0 saturated heterocycles. The molecular weight excluding hydrogens is 186 g/mol. The van der Waals surface area contributed by atoms with Crippen molar-refractivity contribution in [1.29, 1.82) is 0 Å². The van der Waals surface area contributed by atoms with Crippen molar-refractivity contribution in [3.63, 3.8) is 0 Å². The summed E-state index contributed by atoms with van der Waals surface area (Å²) in [6.45, 7) is 6.88. The van der Waals surface area contributed by atoms with Crippen molar-refractivity contribution in [1.82, 2.24) is 4.90 Å². The van der Waals surface area contributed by atoms with E-state index < -0.39 is 0 Å². The van der Waals surface area contributed by atoms with Crippen molar-refractivity contribution in [3.05, 3.63) is 35.9 Å². The maximum Gasteiger partial charge on any atom is 0.0717 e. The van der Waals surface area contributed by atoms with Crippen LogP contribution in [0.2, 0.25) is 0 Å². The van der Waals surface area contributed by atoms with Crippen molar-refractivity contribution in [2.24, 2.45) is 0 Å². The Morgan fingerprint density at radius 2 is 1.87 bits per heavy atom. The summed E-state index contributed by atoms with van der Waals surface area (Å²) in [6.07, 6.45) is 0. The Balaban J connectivity index is 2.12. The van der Waals surface area contributed by atoms with Crippen LogP contribution >= 0.6 is 0 Å². The Bertz CT molecular complexity index is 258. The van der Waals surface area contributed by atoms with Gasteiger partial charge in [0.1, 0.15) is 0 Å². The molecule has 0 spiro atoms. The molecule has 2 nitrogen and oxygen atoms in total. The third-order valence-corrected chi connectivity index (χ3v) is 2.58. The van der Waals surface area contributed by atoms with E-state index in [1.807, 2.05) is 18.2 Å². The van der Waals surface area contributed by atoms with Gasteiger partial charge in [0, 0.05) is 12.6 Å². The summed E-state index contributed by atoms with van der Waals surface area (Å²) in [4.78, 5) is 2.28. The first kappa shape index (κ1) is 12.2. The van der Waals surface area contributed by atoms with Crippen LogP contribution in [0.5, 0.6) is 0 Å². The molecule has 0 bridgehead atoms. The second kappa shape index (κ2) is 6.59. The van der Waals surface area contributed by atoms with Crippen LogP contribution in [0, 0.1) is 0 Å². The Hall–Kier alpha value is -0.860. The van der Waals surface area contributed by atoms with E-state index in [2.05, 4.69) is 37.9 Å². The van der Waals surface area contributed by atoms with Crippen molar-refractivity contribution in [3.8, 4) is 0 Å². The molecule has 84 valence electrons. The SMILES string of the molecule is CC(C)N(C)CCOCc1ccccc1. The molecule has 0 aliphatic heterocycles. The lowest BCUT2D eigenvalue weighted by Gasteiger charge is -2.20.